The molecule has 0 radical (unpaired) electrons. The zero-order valence-electron chi connectivity index (χ0n) is 11.8. The second kappa shape index (κ2) is 6.79. The Morgan fingerprint density at radius 1 is 1.32 bits per heavy atom. The van der Waals surface area contributed by atoms with Crippen molar-refractivity contribution in [3.63, 3.8) is 0 Å². The van der Waals surface area contributed by atoms with Crippen molar-refractivity contribution in [2.45, 2.75) is 11.0 Å². The first-order valence-corrected chi connectivity index (χ1v) is 7.92. The number of hydrogen-bond donors (Lipinski definition) is 0. The Kier molecular flexibility index (Phi) is 4.58. The van der Waals surface area contributed by atoms with E-state index in [2.05, 4.69) is 4.98 Å². The molecule has 1 aromatic carbocycles. The van der Waals surface area contributed by atoms with Gasteiger partial charge in [0.1, 0.15) is 17.7 Å². The van der Waals surface area contributed by atoms with Crippen LogP contribution in [-0.4, -0.2) is 40.7 Å². The third kappa shape index (κ3) is 3.76. The molecule has 4 nitrogen and oxygen atoms in total. The molecule has 1 aliphatic heterocycles. The Balaban J connectivity index is 1.41. The Labute approximate surface area is 132 Å². The summed E-state index contributed by atoms with van der Waals surface area (Å²) in [6, 6.07) is 9.82. The van der Waals surface area contributed by atoms with Crippen LogP contribution in [0.5, 0.6) is 5.75 Å². The fourth-order valence-corrected chi connectivity index (χ4v) is 2.89. The SMILES string of the molecule is O=C(CSc1ccc(F)cc1)N1CC(Oc2cccnc2)C1. The molecule has 1 saturated heterocycles. The number of ether oxygens (including phenoxy) is 1. The minimum atomic E-state index is -0.270. The van der Waals surface area contributed by atoms with E-state index < -0.39 is 0 Å². The highest BCUT2D eigenvalue weighted by Gasteiger charge is 2.32. The highest BCUT2D eigenvalue weighted by molar-refractivity contribution is 8.00. The van der Waals surface area contributed by atoms with E-state index in [9.17, 15) is 9.18 Å². The summed E-state index contributed by atoms with van der Waals surface area (Å²) < 4.78 is 18.5. The van der Waals surface area contributed by atoms with Crippen LogP contribution in [-0.2, 0) is 4.79 Å². The number of thioether (sulfide) groups is 1. The van der Waals surface area contributed by atoms with Crippen molar-refractivity contribution in [3.05, 3.63) is 54.6 Å². The van der Waals surface area contributed by atoms with Crippen LogP contribution in [0.4, 0.5) is 4.39 Å². The molecule has 6 heteroatoms. The number of carbonyl (C=O) groups excluding carboxylic acids is 1. The maximum Gasteiger partial charge on any atom is 0.233 e. The van der Waals surface area contributed by atoms with Gasteiger partial charge in [0.15, 0.2) is 0 Å². The second-order valence-corrected chi connectivity index (χ2v) is 6.02. The Hall–Kier alpha value is -2.08. The first-order valence-electron chi connectivity index (χ1n) is 6.93. The molecule has 114 valence electrons. The van der Waals surface area contributed by atoms with Crippen LogP contribution in [0.1, 0.15) is 0 Å². The third-order valence-corrected chi connectivity index (χ3v) is 4.31. The van der Waals surface area contributed by atoms with Crippen LogP contribution in [0, 0.1) is 5.82 Å². The van der Waals surface area contributed by atoms with Gasteiger partial charge in [-0.05, 0) is 36.4 Å². The van der Waals surface area contributed by atoms with Gasteiger partial charge >= 0.3 is 0 Å². The standard InChI is InChI=1S/C16H15FN2O2S/c17-12-3-5-15(6-4-12)22-11-16(20)19-9-14(10-19)21-13-2-1-7-18-8-13/h1-8,14H,9-11H2. The van der Waals surface area contributed by atoms with E-state index in [1.807, 2.05) is 12.1 Å². The van der Waals surface area contributed by atoms with Crippen LogP contribution in [0.3, 0.4) is 0 Å². The number of pyridine rings is 1. The zero-order chi connectivity index (χ0) is 15.4. The third-order valence-electron chi connectivity index (χ3n) is 3.31. The molecule has 2 heterocycles. The minimum Gasteiger partial charge on any atom is -0.485 e. The maximum atomic E-state index is 12.8. The Morgan fingerprint density at radius 3 is 2.77 bits per heavy atom. The van der Waals surface area contributed by atoms with Gasteiger partial charge in [-0.1, -0.05) is 0 Å². The lowest BCUT2D eigenvalue weighted by Crippen LogP contribution is -2.56. The van der Waals surface area contributed by atoms with Gasteiger partial charge in [-0.25, -0.2) is 4.39 Å². The normalized spacial score (nSPS) is 14.5. The smallest absolute Gasteiger partial charge is 0.233 e. The van der Waals surface area contributed by atoms with Gasteiger partial charge in [0.2, 0.25) is 5.91 Å². The molecule has 1 amide bonds. The number of aromatic nitrogens is 1. The molecule has 0 unspecified atom stereocenters. The van der Waals surface area contributed by atoms with E-state index in [1.165, 1.54) is 23.9 Å². The van der Waals surface area contributed by atoms with Gasteiger partial charge in [-0.2, -0.15) is 0 Å². The number of carbonyl (C=O) groups is 1. The molecule has 0 aliphatic carbocycles. The summed E-state index contributed by atoms with van der Waals surface area (Å²) in [7, 11) is 0. The van der Waals surface area contributed by atoms with Crippen molar-refractivity contribution in [2.24, 2.45) is 0 Å². The lowest BCUT2D eigenvalue weighted by atomic mass is 10.1. The fourth-order valence-electron chi connectivity index (χ4n) is 2.09. The van der Waals surface area contributed by atoms with Crippen molar-refractivity contribution in [3.8, 4) is 5.75 Å². The van der Waals surface area contributed by atoms with Crippen molar-refractivity contribution < 1.29 is 13.9 Å². The first kappa shape index (κ1) is 14.8. The topological polar surface area (TPSA) is 42.4 Å². The lowest BCUT2D eigenvalue weighted by molar-refractivity contribution is -0.137. The summed E-state index contributed by atoms with van der Waals surface area (Å²) in [6.07, 6.45) is 3.38. The molecule has 1 aromatic heterocycles. The van der Waals surface area contributed by atoms with Gasteiger partial charge in [0.25, 0.3) is 0 Å². The monoisotopic (exact) mass is 318 g/mol. The summed E-state index contributed by atoms with van der Waals surface area (Å²) in [5.41, 5.74) is 0. The number of likely N-dealkylation sites (tertiary alicyclic amines) is 1. The largest absolute Gasteiger partial charge is 0.485 e. The number of hydrogen-bond acceptors (Lipinski definition) is 4. The van der Waals surface area contributed by atoms with Gasteiger partial charge in [0.05, 0.1) is 25.0 Å². The summed E-state index contributed by atoms with van der Waals surface area (Å²) in [5.74, 6) is 0.875. The maximum absolute atomic E-state index is 12.8. The van der Waals surface area contributed by atoms with Gasteiger partial charge in [-0.3, -0.25) is 9.78 Å². The van der Waals surface area contributed by atoms with Crippen LogP contribution in [0.25, 0.3) is 0 Å². The number of benzene rings is 1. The molecule has 1 aliphatic rings. The van der Waals surface area contributed by atoms with Crippen molar-refractivity contribution in [1.29, 1.82) is 0 Å². The van der Waals surface area contributed by atoms with E-state index in [0.717, 1.165) is 10.6 Å². The van der Waals surface area contributed by atoms with E-state index in [1.54, 1.807) is 29.4 Å². The lowest BCUT2D eigenvalue weighted by Gasteiger charge is -2.38. The zero-order valence-corrected chi connectivity index (χ0v) is 12.6. The number of rotatable bonds is 5. The summed E-state index contributed by atoms with van der Waals surface area (Å²) in [5, 5.41) is 0. The highest BCUT2D eigenvalue weighted by atomic mass is 32.2. The van der Waals surface area contributed by atoms with Gasteiger partial charge in [0, 0.05) is 11.1 Å². The molecule has 22 heavy (non-hydrogen) atoms. The van der Waals surface area contributed by atoms with Crippen LogP contribution in [0.2, 0.25) is 0 Å². The van der Waals surface area contributed by atoms with Crippen molar-refractivity contribution in [2.75, 3.05) is 18.8 Å². The Morgan fingerprint density at radius 2 is 2.09 bits per heavy atom. The van der Waals surface area contributed by atoms with Crippen molar-refractivity contribution >= 4 is 17.7 Å². The van der Waals surface area contributed by atoms with Gasteiger partial charge < -0.3 is 9.64 Å². The number of amides is 1. The Bertz CT molecular complexity index is 630. The molecule has 0 saturated carbocycles. The predicted octanol–water partition coefficient (Wildman–Crippen LogP) is 2.60. The molecule has 0 bridgehead atoms. The summed E-state index contributed by atoms with van der Waals surface area (Å²) in [6.45, 7) is 1.19. The molecule has 1 fully saturated rings. The number of halogens is 1. The molecule has 3 rings (SSSR count). The van der Waals surface area contributed by atoms with Crippen LogP contribution >= 0.6 is 11.8 Å². The summed E-state index contributed by atoms with van der Waals surface area (Å²) >= 11 is 1.41. The molecule has 0 spiro atoms. The van der Waals surface area contributed by atoms with E-state index in [4.69, 9.17) is 4.74 Å². The summed E-state index contributed by atoms with van der Waals surface area (Å²) in [4.78, 5) is 18.7. The average Bonchev–Trinajstić information content (AvgIpc) is 2.50. The molecular weight excluding hydrogens is 303 g/mol. The highest BCUT2D eigenvalue weighted by Crippen LogP contribution is 2.21. The second-order valence-electron chi connectivity index (χ2n) is 4.97. The minimum absolute atomic E-state index is 0.0315. The first-order chi connectivity index (χ1) is 10.7. The number of nitrogens with zero attached hydrogens (tertiary/aromatic N) is 2. The fraction of sp³-hybridized carbons (Fsp3) is 0.250. The predicted molar refractivity (Wildman–Crippen MR) is 82.4 cm³/mol. The van der Waals surface area contributed by atoms with Crippen molar-refractivity contribution in [1.82, 2.24) is 9.88 Å². The van der Waals surface area contributed by atoms with Crippen LogP contribution in [0.15, 0.2) is 53.7 Å². The molecule has 2 aromatic rings. The molecule has 0 atom stereocenters. The molecule has 0 N–H and O–H groups in total. The van der Waals surface area contributed by atoms with Crippen LogP contribution < -0.4 is 4.74 Å². The average molecular weight is 318 g/mol. The molecular formula is C16H15FN2O2S. The van der Waals surface area contributed by atoms with Gasteiger partial charge in [-0.15, -0.1) is 11.8 Å². The van der Waals surface area contributed by atoms with E-state index in [0.29, 0.717) is 18.8 Å². The van der Waals surface area contributed by atoms with E-state index in [-0.39, 0.29) is 17.8 Å². The quantitative estimate of drug-likeness (QED) is 0.795. The van der Waals surface area contributed by atoms with E-state index >= 15 is 0 Å².